The second-order valence-electron chi connectivity index (χ2n) is 3.82. The third-order valence-corrected chi connectivity index (χ3v) is 3.29. The Morgan fingerprint density at radius 1 is 0.706 bits per heavy atom. The Kier molecular flexibility index (Phi) is 6.94. The molecule has 0 atom stereocenters. The molecule has 2 rings (SSSR count). The van der Waals surface area contributed by atoms with E-state index in [0.29, 0.717) is 0 Å². The quantitative estimate of drug-likeness (QED) is 0.668. The Bertz CT molecular complexity index is 403. The Balaban J connectivity index is 0.000000171. The first-order valence-corrected chi connectivity index (χ1v) is 7.12. The van der Waals surface area contributed by atoms with Crippen molar-refractivity contribution in [1.29, 1.82) is 0 Å². The molecule has 0 aliphatic heterocycles. The molecule has 2 aromatic rings. The highest BCUT2D eigenvalue weighted by Crippen LogP contribution is 2.06. The third-order valence-electron chi connectivity index (χ3n) is 2.57. The first kappa shape index (κ1) is 14.2. The van der Waals surface area contributed by atoms with E-state index in [4.69, 9.17) is 0 Å². The Morgan fingerprint density at radius 2 is 1.18 bits per heavy atom. The molecular weight excluding hydrogens is 319 g/mol. The average Bonchev–Trinajstić information content (AvgIpc) is 2.41. The van der Waals surface area contributed by atoms with Gasteiger partial charge in [0.1, 0.15) is 0 Å². The van der Waals surface area contributed by atoms with Gasteiger partial charge in [-0.05, 0) is 58.7 Å². The molecule has 0 saturated carbocycles. The lowest BCUT2D eigenvalue weighted by molar-refractivity contribution is 1.14. The summed E-state index contributed by atoms with van der Waals surface area (Å²) < 4.78 is 1.31. The first-order chi connectivity index (χ1) is 8.26. The second kappa shape index (κ2) is 8.29. The van der Waals surface area contributed by atoms with Crippen LogP contribution in [0.25, 0.3) is 0 Å². The van der Waals surface area contributed by atoms with Crippen LogP contribution in [0, 0.1) is 3.57 Å². The van der Waals surface area contributed by atoms with Crippen molar-refractivity contribution in [3.63, 3.8) is 0 Å². The number of halogens is 1. The van der Waals surface area contributed by atoms with E-state index in [1.165, 1.54) is 14.7 Å². The van der Waals surface area contributed by atoms with Gasteiger partial charge in [-0.25, -0.2) is 0 Å². The maximum absolute atomic E-state index is 2.31. The van der Waals surface area contributed by atoms with Crippen LogP contribution >= 0.6 is 22.6 Å². The van der Waals surface area contributed by atoms with E-state index in [1.807, 2.05) is 6.07 Å². The van der Waals surface area contributed by atoms with Gasteiger partial charge < -0.3 is 0 Å². The smallest absolute Gasteiger partial charge is 0.0130 e. The molecule has 0 heterocycles. The van der Waals surface area contributed by atoms with Crippen LogP contribution in [0.15, 0.2) is 54.6 Å². The molecule has 0 bridgehead atoms. The summed E-state index contributed by atoms with van der Waals surface area (Å²) in [5.41, 5.74) is 2.82. The molecule has 0 aliphatic carbocycles. The van der Waals surface area contributed by atoms with Crippen molar-refractivity contribution < 1.29 is 0 Å². The predicted octanol–water partition coefficient (Wildman–Crippen LogP) is 5.10. The standard InChI is InChI=1S/C8H9I.C8H10/c1-2-7-3-5-8(9)6-4-7;1-2-8-6-4-3-5-7-8/h3-6H,2H2,1H3;3-7H,2H2,1H3. The monoisotopic (exact) mass is 338 g/mol. The summed E-state index contributed by atoms with van der Waals surface area (Å²) in [5.74, 6) is 0. The lowest BCUT2D eigenvalue weighted by atomic mass is 10.2. The molecule has 0 amide bonds. The van der Waals surface area contributed by atoms with Crippen molar-refractivity contribution in [2.45, 2.75) is 26.7 Å². The lowest BCUT2D eigenvalue weighted by Gasteiger charge is -1.93. The molecule has 17 heavy (non-hydrogen) atoms. The number of rotatable bonds is 2. The molecule has 0 aliphatic rings. The van der Waals surface area contributed by atoms with E-state index in [2.05, 4.69) is 85.0 Å². The number of hydrogen-bond donors (Lipinski definition) is 0. The maximum atomic E-state index is 2.31. The zero-order valence-electron chi connectivity index (χ0n) is 10.5. The van der Waals surface area contributed by atoms with E-state index in [9.17, 15) is 0 Å². The molecule has 0 N–H and O–H groups in total. The van der Waals surface area contributed by atoms with Gasteiger partial charge in [0.15, 0.2) is 0 Å². The van der Waals surface area contributed by atoms with Crippen LogP contribution < -0.4 is 0 Å². The topological polar surface area (TPSA) is 0 Å². The molecule has 0 aromatic heterocycles. The largest absolute Gasteiger partial charge is 0.0622 e. The fraction of sp³-hybridized carbons (Fsp3) is 0.250. The number of hydrogen-bond acceptors (Lipinski definition) is 0. The van der Waals surface area contributed by atoms with Crippen LogP contribution in [0.5, 0.6) is 0 Å². The van der Waals surface area contributed by atoms with Gasteiger partial charge in [-0.2, -0.15) is 0 Å². The summed E-state index contributed by atoms with van der Waals surface area (Å²) in [6.07, 6.45) is 2.28. The predicted molar refractivity (Wildman–Crippen MR) is 84.4 cm³/mol. The van der Waals surface area contributed by atoms with Crippen molar-refractivity contribution in [2.24, 2.45) is 0 Å². The zero-order valence-corrected chi connectivity index (χ0v) is 12.6. The Labute approximate surface area is 118 Å². The minimum atomic E-state index is 1.14. The van der Waals surface area contributed by atoms with Crippen LogP contribution in [0.3, 0.4) is 0 Å². The van der Waals surface area contributed by atoms with Crippen molar-refractivity contribution in [3.05, 3.63) is 69.3 Å². The van der Waals surface area contributed by atoms with Crippen molar-refractivity contribution in [1.82, 2.24) is 0 Å². The first-order valence-electron chi connectivity index (χ1n) is 6.04. The summed E-state index contributed by atoms with van der Waals surface area (Å²) in [7, 11) is 0. The van der Waals surface area contributed by atoms with E-state index in [1.54, 1.807) is 0 Å². The summed E-state index contributed by atoms with van der Waals surface area (Å²) in [6.45, 7) is 4.33. The highest BCUT2D eigenvalue weighted by molar-refractivity contribution is 14.1. The highest BCUT2D eigenvalue weighted by Gasteiger charge is 1.86. The van der Waals surface area contributed by atoms with E-state index < -0.39 is 0 Å². The molecule has 0 radical (unpaired) electrons. The molecule has 0 fully saturated rings. The van der Waals surface area contributed by atoms with Crippen molar-refractivity contribution >= 4 is 22.6 Å². The molecule has 2 aromatic carbocycles. The van der Waals surface area contributed by atoms with Gasteiger partial charge in [-0.3, -0.25) is 0 Å². The minimum absolute atomic E-state index is 1.14. The molecule has 90 valence electrons. The van der Waals surface area contributed by atoms with Crippen LogP contribution in [0.4, 0.5) is 0 Å². The molecule has 0 spiro atoms. The summed E-state index contributed by atoms with van der Waals surface area (Å²) in [4.78, 5) is 0. The van der Waals surface area contributed by atoms with Crippen molar-refractivity contribution in [3.8, 4) is 0 Å². The molecular formula is C16H19I. The number of benzene rings is 2. The normalized spacial score (nSPS) is 9.35. The van der Waals surface area contributed by atoms with Gasteiger partial charge in [0.25, 0.3) is 0 Å². The van der Waals surface area contributed by atoms with Gasteiger partial charge in [-0.1, -0.05) is 56.3 Å². The number of aryl methyl sites for hydroxylation is 2. The van der Waals surface area contributed by atoms with Gasteiger partial charge in [0, 0.05) is 3.57 Å². The zero-order chi connectivity index (χ0) is 12.5. The van der Waals surface area contributed by atoms with Crippen molar-refractivity contribution in [2.75, 3.05) is 0 Å². The molecule has 1 heteroatoms. The Hall–Kier alpha value is -0.830. The third kappa shape index (κ3) is 5.87. The van der Waals surface area contributed by atoms with E-state index in [0.717, 1.165) is 12.8 Å². The maximum Gasteiger partial charge on any atom is 0.0130 e. The fourth-order valence-corrected chi connectivity index (χ4v) is 1.79. The average molecular weight is 338 g/mol. The lowest BCUT2D eigenvalue weighted by Crippen LogP contribution is -1.77. The molecule has 0 saturated heterocycles. The SMILES string of the molecule is CCc1ccc(I)cc1.CCc1ccccc1. The van der Waals surface area contributed by atoms with Crippen LogP contribution in [0.2, 0.25) is 0 Å². The summed E-state index contributed by atoms with van der Waals surface area (Å²) in [5, 5.41) is 0. The van der Waals surface area contributed by atoms with Gasteiger partial charge in [0.2, 0.25) is 0 Å². The molecule has 0 unspecified atom stereocenters. The van der Waals surface area contributed by atoms with Gasteiger partial charge in [-0.15, -0.1) is 0 Å². The summed E-state index contributed by atoms with van der Waals surface area (Å²) in [6, 6.07) is 19.1. The van der Waals surface area contributed by atoms with E-state index >= 15 is 0 Å². The molecule has 0 nitrogen and oxygen atoms in total. The second-order valence-corrected chi connectivity index (χ2v) is 5.06. The van der Waals surface area contributed by atoms with Crippen LogP contribution in [0.1, 0.15) is 25.0 Å². The fourth-order valence-electron chi connectivity index (χ4n) is 1.43. The minimum Gasteiger partial charge on any atom is -0.0622 e. The van der Waals surface area contributed by atoms with E-state index in [-0.39, 0.29) is 0 Å². The summed E-state index contributed by atoms with van der Waals surface area (Å²) >= 11 is 2.31. The Morgan fingerprint density at radius 3 is 1.59 bits per heavy atom. The van der Waals surface area contributed by atoms with Gasteiger partial charge in [0.05, 0.1) is 0 Å². The highest BCUT2D eigenvalue weighted by atomic mass is 127. The van der Waals surface area contributed by atoms with Crippen LogP contribution in [-0.4, -0.2) is 0 Å². The van der Waals surface area contributed by atoms with Gasteiger partial charge >= 0.3 is 0 Å². The van der Waals surface area contributed by atoms with Crippen LogP contribution in [-0.2, 0) is 12.8 Å².